The molecule has 28 heavy (non-hydrogen) atoms. The van der Waals surface area contributed by atoms with E-state index in [1.807, 2.05) is 6.92 Å². The van der Waals surface area contributed by atoms with Crippen LogP contribution in [0.25, 0.3) is 0 Å². The number of nitrogens with one attached hydrogen (secondary N) is 1. The Morgan fingerprint density at radius 1 is 1.21 bits per heavy atom. The summed E-state index contributed by atoms with van der Waals surface area (Å²) in [5.41, 5.74) is 7.20. The molecule has 0 spiro atoms. The lowest BCUT2D eigenvalue weighted by Crippen LogP contribution is -2.16. The van der Waals surface area contributed by atoms with Gasteiger partial charge in [-0.1, -0.05) is 19.9 Å². The number of nitrogens with zero attached hydrogens (tertiary/aromatic N) is 3. The molecule has 1 aromatic carbocycles. The van der Waals surface area contributed by atoms with Crippen molar-refractivity contribution in [3.63, 3.8) is 0 Å². The van der Waals surface area contributed by atoms with Gasteiger partial charge in [0.25, 0.3) is 0 Å². The summed E-state index contributed by atoms with van der Waals surface area (Å²) in [5, 5.41) is 11.6. The molecule has 2 amide bonds. The van der Waals surface area contributed by atoms with Gasteiger partial charge < -0.3 is 15.6 Å². The first-order chi connectivity index (χ1) is 13.3. The highest BCUT2D eigenvalue weighted by Crippen LogP contribution is 2.37. The third-order valence-electron chi connectivity index (χ3n) is 5.07. The first-order valence-corrected chi connectivity index (χ1v) is 9.98. The summed E-state index contributed by atoms with van der Waals surface area (Å²) in [6, 6.07) is 5.54. The highest BCUT2D eigenvalue weighted by atomic mass is 16.2. The van der Waals surface area contributed by atoms with Crippen molar-refractivity contribution in [1.29, 1.82) is 0 Å². The van der Waals surface area contributed by atoms with Crippen LogP contribution in [0.2, 0.25) is 0 Å². The molecule has 2 aromatic rings. The van der Waals surface area contributed by atoms with E-state index < -0.39 is 5.91 Å². The van der Waals surface area contributed by atoms with Crippen molar-refractivity contribution < 1.29 is 9.59 Å². The smallest absolute Gasteiger partial charge is 0.248 e. The molecule has 150 valence electrons. The fraction of sp³-hybridized carbons (Fsp3) is 0.524. The number of carbonyl (C=O) groups excluding carboxylic acids is 2. The van der Waals surface area contributed by atoms with Gasteiger partial charge in [-0.25, -0.2) is 0 Å². The molecule has 0 unspecified atom stereocenters. The van der Waals surface area contributed by atoms with Crippen LogP contribution in [0.1, 0.15) is 73.1 Å². The molecule has 1 fully saturated rings. The largest absolute Gasteiger partial charge is 0.366 e. The van der Waals surface area contributed by atoms with Crippen molar-refractivity contribution >= 4 is 17.5 Å². The number of aryl methyl sites for hydroxylation is 3. The Bertz CT molecular complexity index is 868. The number of nitrogens with two attached hydrogens (primary N) is 1. The average Bonchev–Trinajstić information content (AvgIpc) is 3.40. The predicted molar refractivity (Wildman–Crippen MR) is 108 cm³/mol. The third-order valence-corrected chi connectivity index (χ3v) is 5.07. The van der Waals surface area contributed by atoms with E-state index in [1.54, 1.807) is 18.2 Å². The zero-order chi connectivity index (χ0) is 20.3. The Balaban J connectivity index is 1.63. The fourth-order valence-electron chi connectivity index (χ4n) is 3.22. The SMILES string of the molecule is Cc1ccc(C(N)=O)cc1NC(=O)CCc1nnc(CCC(C)C)n1C1CC1. The van der Waals surface area contributed by atoms with Crippen molar-refractivity contribution in [2.45, 2.75) is 65.3 Å². The van der Waals surface area contributed by atoms with Crippen molar-refractivity contribution in [2.75, 3.05) is 5.32 Å². The number of primary amides is 1. The lowest BCUT2D eigenvalue weighted by molar-refractivity contribution is -0.116. The maximum absolute atomic E-state index is 12.5. The first kappa shape index (κ1) is 20.0. The van der Waals surface area contributed by atoms with Gasteiger partial charge in [0.1, 0.15) is 11.6 Å². The lowest BCUT2D eigenvalue weighted by atomic mass is 10.1. The molecule has 0 aliphatic heterocycles. The topological polar surface area (TPSA) is 103 Å². The lowest BCUT2D eigenvalue weighted by Gasteiger charge is -2.11. The van der Waals surface area contributed by atoms with Gasteiger partial charge in [-0.2, -0.15) is 0 Å². The summed E-state index contributed by atoms with van der Waals surface area (Å²) in [4.78, 5) is 23.8. The summed E-state index contributed by atoms with van der Waals surface area (Å²) in [7, 11) is 0. The van der Waals surface area contributed by atoms with Crippen LogP contribution in [0.5, 0.6) is 0 Å². The summed E-state index contributed by atoms with van der Waals surface area (Å²) >= 11 is 0. The number of rotatable bonds is 9. The predicted octanol–water partition coefficient (Wildman–Crippen LogP) is 3.18. The number of amides is 2. The number of carbonyl (C=O) groups is 2. The number of anilines is 1. The van der Waals surface area contributed by atoms with Crippen LogP contribution in [0.3, 0.4) is 0 Å². The molecule has 0 atom stereocenters. The molecule has 3 rings (SSSR count). The van der Waals surface area contributed by atoms with Gasteiger partial charge in [0.15, 0.2) is 0 Å². The molecular weight excluding hydrogens is 354 g/mol. The summed E-state index contributed by atoms with van der Waals surface area (Å²) in [6.45, 7) is 6.29. The van der Waals surface area contributed by atoms with Crippen molar-refractivity contribution in [3.8, 4) is 0 Å². The molecule has 7 heteroatoms. The van der Waals surface area contributed by atoms with Crippen LogP contribution in [-0.4, -0.2) is 26.6 Å². The molecular formula is C21H29N5O2. The second kappa shape index (κ2) is 8.54. The minimum absolute atomic E-state index is 0.112. The van der Waals surface area contributed by atoms with E-state index in [9.17, 15) is 9.59 Å². The first-order valence-electron chi connectivity index (χ1n) is 9.98. The van der Waals surface area contributed by atoms with E-state index >= 15 is 0 Å². The van der Waals surface area contributed by atoms with Gasteiger partial charge >= 0.3 is 0 Å². The van der Waals surface area contributed by atoms with Crippen LogP contribution in [0, 0.1) is 12.8 Å². The Hall–Kier alpha value is -2.70. The maximum Gasteiger partial charge on any atom is 0.248 e. The summed E-state index contributed by atoms with van der Waals surface area (Å²) in [5.74, 6) is 1.93. The highest BCUT2D eigenvalue weighted by molar-refractivity contribution is 5.96. The minimum atomic E-state index is -0.512. The number of aromatic nitrogens is 3. The Kier molecular flexibility index (Phi) is 6.11. The van der Waals surface area contributed by atoms with Crippen molar-refractivity contribution in [3.05, 3.63) is 41.0 Å². The molecule has 3 N–H and O–H groups in total. The average molecular weight is 383 g/mol. The van der Waals surface area contributed by atoms with Gasteiger partial charge in [-0.05, 0) is 49.8 Å². The minimum Gasteiger partial charge on any atom is -0.366 e. The normalized spacial score (nSPS) is 13.7. The third kappa shape index (κ3) is 4.97. The van der Waals surface area contributed by atoms with Gasteiger partial charge in [0.2, 0.25) is 11.8 Å². The second-order valence-corrected chi connectivity index (χ2v) is 8.01. The Morgan fingerprint density at radius 3 is 2.50 bits per heavy atom. The van der Waals surface area contributed by atoms with Crippen LogP contribution >= 0.6 is 0 Å². The molecule has 1 aromatic heterocycles. The van der Waals surface area contributed by atoms with Crippen molar-refractivity contribution in [1.82, 2.24) is 14.8 Å². The molecule has 1 saturated carbocycles. The van der Waals surface area contributed by atoms with E-state index in [0.29, 0.717) is 36.1 Å². The van der Waals surface area contributed by atoms with Crippen LogP contribution < -0.4 is 11.1 Å². The number of hydrogen-bond donors (Lipinski definition) is 2. The summed E-state index contributed by atoms with van der Waals surface area (Å²) in [6.07, 6.45) is 5.18. The molecule has 1 aliphatic rings. The van der Waals surface area contributed by atoms with Gasteiger partial charge in [-0.3, -0.25) is 9.59 Å². The molecule has 0 saturated heterocycles. The van der Waals surface area contributed by atoms with E-state index in [2.05, 4.69) is 33.9 Å². The number of benzene rings is 1. The molecule has 1 aliphatic carbocycles. The second-order valence-electron chi connectivity index (χ2n) is 8.01. The van der Waals surface area contributed by atoms with Gasteiger partial charge in [0, 0.05) is 36.6 Å². The zero-order valence-electron chi connectivity index (χ0n) is 16.9. The quantitative estimate of drug-likeness (QED) is 0.694. The van der Waals surface area contributed by atoms with Gasteiger partial charge in [-0.15, -0.1) is 10.2 Å². The summed E-state index contributed by atoms with van der Waals surface area (Å²) < 4.78 is 2.24. The molecule has 7 nitrogen and oxygen atoms in total. The molecule has 1 heterocycles. The fourth-order valence-corrected chi connectivity index (χ4v) is 3.22. The van der Waals surface area contributed by atoms with Crippen LogP contribution in [-0.2, 0) is 17.6 Å². The Labute approximate surface area is 165 Å². The maximum atomic E-state index is 12.5. The molecule has 0 bridgehead atoms. The van der Waals surface area contributed by atoms with E-state index in [1.165, 1.54) is 0 Å². The number of hydrogen-bond acceptors (Lipinski definition) is 4. The van der Waals surface area contributed by atoms with Crippen LogP contribution in [0.4, 0.5) is 5.69 Å². The monoisotopic (exact) mass is 383 g/mol. The van der Waals surface area contributed by atoms with E-state index in [4.69, 9.17) is 5.73 Å². The Morgan fingerprint density at radius 2 is 1.89 bits per heavy atom. The van der Waals surface area contributed by atoms with E-state index in [-0.39, 0.29) is 5.91 Å². The highest BCUT2D eigenvalue weighted by Gasteiger charge is 2.29. The standard InChI is InChI=1S/C21H29N5O2/c1-13(2)4-9-18-24-25-19(26(18)16-7-8-16)10-11-20(27)23-17-12-15(21(22)28)6-5-14(17)3/h5-6,12-13,16H,4,7-11H2,1-3H3,(H2,22,28)(H,23,27). The van der Waals surface area contributed by atoms with Crippen LogP contribution in [0.15, 0.2) is 18.2 Å². The van der Waals surface area contributed by atoms with E-state index in [0.717, 1.165) is 42.9 Å². The zero-order valence-corrected chi connectivity index (χ0v) is 16.9. The van der Waals surface area contributed by atoms with Crippen molar-refractivity contribution in [2.24, 2.45) is 11.7 Å². The molecule has 0 radical (unpaired) electrons. The van der Waals surface area contributed by atoms with Gasteiger partial charge in [0.05, 0.1) is 0 Å².